The average molecular weight is 330 g/mol. The monoisotopic (exact) mass is 329 g/mol. The first-order chi connectivity index (χ1) is 8.88. The molecule has 1 rings (SSSR count). The maximum Gasteiger partial charge on any atom is 0.303 e. The second-order valence-electron chi connectivity index (χ2n) is 4.25. The lowest BCUT2D eigenvalue weighted by Gasteiger charge is -2.13. The van der Waals surface area contributed by atoms with E-state index < -0.39 is 5.97 Å². The molecule has 0 saturated heterocycles. The van der Waals surface area contributed by atoms with Gasteiger partial charge < -0.3 is 15.2 Å². The molecule has 5 nitrogen and oxygen atoms in total. The molecule has 0 bridgehead atoms. The highest BCUT2D eigenvalue weighted by molar-refractivity contribution is 9.10. The van der Waals surface area contributed by atoms with Crippen molar-refractivity contribution in [2.24, 2.45) is 0 Å². The van der Waals surface area contributed by atoms with Gasteiger partial charge in [0.2, 0.25) is 5.91 Å². The summed E-state index contributed by atoms with van der Waals surface area (Å²) in [5.74, 6) is -0.693. The fourth-order valence-corrected chi connectivity index (χ4v) is 1.71. The first kappa shape index (κ1) is 15.5. The van der Waals surface area contributed by atoms with Crippen LogP contribution in [0.4, 0.5) is 5.69 Å². The van der Waals surface area contributed by atoms with Crippen LogP contribution in [0.5, 0.6) is 5.75 Å². The number of amides is 1. The van der Waals surface area contributed by atoms with E-state index in [1.807, 2.05) is 13.8 Å². The summed E-state index contributed by atoms with van der Waals surface area (Å²) in [7, 11) is 0. The van der Waals surface area contributed by atoms with E-state index in [1.54, 1.807) is 18.2 Å². The molecule has 104 valence electrons. The Morgan fingerprint density at radius 1 is 1.37 bits per heavy atom. The van der Waals surface area contributed by atoms with Crippen LogP contribution < -0.4 is 10.1 Å². The largest absolute Gasteiger partial charge is 0.490 e. The van der Waals surface area contributed by atoms with E-state index in [4.69, 9.17) is 9.84 Å². The minimum atomic E-state index is -0.991. The van der Waals surface area contributed by atoms with Crippen molar-refractivity contribution in [3.05, 3.63) is 22.7 Å². The lowest BCUT2D eigenvalue weighted by atomic mass is 10.2. The van der Waals surface area contributed by atoms with Gasteiger partial charge in [-0.1, -0.05) is 0 Å². The molecule has 0 aliphatic rings. The quantitative estimate of drug-likeness (QED) is 0.841. The highest BCUT2D eigenvalue weighted by Crippen LogP contribution is 2.29. The van der Waals surface area contributed by atoms with E-state index in [0.717, 1.165) is 4.47 Å². The summed E-state index contributed by atoms with van der Waals surface area (Å²) in [5, 5.41) is 11.1. The van der Waals surface area contributed by atoms with Gasteiger partial charge in [-0.25, -0.2) is 0 Å². The molecule has 0 unspecified atom stereocenters. The fourth-order valence-electron chi connectivity index (χ4n) is 1.37. The molecule has 0 radical (unpaired) electrons. The van der Waals surface area contributed by atoms with E-state index in [2.05, 4.69) is 21.2 Å². The van der Waals surface area contributed by atoms with Gasteiger partial charge in [0.15, 0.2) is 0 Å². The maximum atomic E-state index is 11.5. The molecule has 0 aromatic heterocycles. The number of hydrogen-bond donors (Lipinski definition) is 2. The molecular formula is C13H16BrNO4. The molecule has 19 heavy (non-hydrogen) atoms. The van der Waals surface area contributed by atoms with Gasteiger partial charge in [-0.15, -0.1) is 0 Å². The third-order valence-corrected chi connectivity index (χ3v) is 2.80. The summed E-state index contributed by atoms with van der Waals surface area (Å²) < 4.78 is 6.37. The molecule has 1 aromatic carbocycles. The van der Waals surface area contributed by atoms with Crippen LogP contribution in [0, 0.1) is 0 Å². The first-order valence-corrected chi connectivity index (χ1v) is 6.65. The highest BCUT2D eigenvalue weighted by atomic mass is 79.9. The van der Waals surface area contributed by atoms with Crippen molar-refractivity contribution in [2.45, 2.75) is 32.8 Å². The zero-order chi connectivity index (χ0) is 14.4. The van der Waals surface area contributed by atoms with Crippen LogP contribution in [0.15, 0.2) is 22.7 Å². The summed E-state index contributed by atoms with van der Waals surface area (Å²) in [6.07, 6.45) is -0.210. The Morgan fingerprint density at radius 3 is 2.63 bits per heavy atom. The number of aliphatic carboxylic acids is 1. The minimum Gasteiger partial charge on any atom is -0.490 e. The summed E-state index contributed by atoms with van der Waals surface area (Å²) in [4.78, 5) is 21.9. The molecule has 0 aliphatic heterocycles. The van der Waals surface area contributed by atoms with Crippen LogP contribution in [0.25, 0.3) is 0 Å². The topological polar surface area (TPSA) is 75.6 Å². The second kappa shape index (κ2) is 7.13. The Bertz CT molecular complexity index is 474. The molecule has 0 saturated carbocycles. The van der Waals surface area contributed by atoms with Crippen LogP contribution in [-0.2, 0) is 9.59 Å². The SMILES string of the molecule is CC(C)Oc1cc(NC(=O)CCC(=O)O)ccc1Br. The number of carbonyl (C=O) groups is 2. The Hall–Kier alpha value is -1.56. The van der Waals surface area contributed by atoms with Gasteiger partial charge in [-0.2, -0.15) is 0 Å². The number of carboxylic acid groups (broad SMARTS) is 1. The van der Waals surface area contributed by atoms with Crippen molar-refractivity contribution in [3.63, 3.8) is 0 Å². The van der Waals surface area contributed by atoms with E-state index in [0.29, 0.717) is 11.4 Å². The Morgan fingerprint density at radius 2 is 2.05 bits per heavy atom. The Labute approximate surface area is 120 Å². The van der Waals surface area contributed by atoms with Crippen LogP contribution in [-0.4, -0.2) is 23.1 Å². The predicted octanol–water partition coefficient (Wildman–Crippen LogP) is 3.04. The van der Waals surface area contributed by atoms with Crippen molar-refractivity contribution < 1.29 is 19.4 Å². The average Bonchev–Trinajstić information content (AvgIpc) is 2.30. The highest BCUT2D eigenvalue weighted by Gasteiger charge is 2.09. The number of nitrogens with one attached hydrogen (secondary N) is 1. The van der Waals surface area contributed by atoms with Gasteiger partial charge in [0.25, 0.3) is 0 Å². The lowest BCUT2D eigenvalue weighted by molar-refractivity contribution is -0.138. The number of carbonyl (C=O) groups excluding carboxylic acids is 1. The summed E-state index contributed by atoms with van der Waals surface area (Å²) in [6, 6.07) is 5.18. The van der Waals surface area contributed by atoms with Crippen molar-refractivity contribution in [2.75, 3.05) is 5.32 Å². The van der Waals surface area contributed by atoms with Gasteiger partial charge in [0.1, 0.15) is 5.75 Å². The zero-order valence-electron chi connectivity index (χ0n) is 10.8. The molecule has 1 aromatic rings. The molecule has 0 fully saturated rings. The fraction of sp³-hybridized carbons (Fsp3) is 0.385. The number of benzene rings is 1. The van der Waals surface area contributed by atoms with Gasteiger partial charge >= 0.3 is 5.97 Å². The number of rotatable bonds is 6. The van der Waals surface area contributed by atoms with Crippen LogP contribution in [0.3, 0.4) is 0 Å². The number of anilines is 1. The minimum absolute atomic E-state index is 0.0225. The van der Waals surface area contributed by atoms with Crippen molar-refractivity contribution in [1.29, 1.82) is 0 Å². The van der Waals surface area contributed by atoms with Crippen molar-refractivity contribution >= 4 is 33.5 Å². The van der Waals surface area contributed by atoms with Gasteiger partial charge in [0.05, 0.1) is 17.0 Å². The predicted molar refractivity (Wildman–Crippen MR) is 75.4 cm³/mol. The lowest BCUT2D eigenvalue weighted by Crippen LogP contribution is -2.13. The maximum absolute atomic E-state index is 11.5. The van der Waals surface area contributed by atoms with E-state index >= 15 is 0 Å². The van der Waals surface area contributed by atoms with Crippen LogP contribution >= 0.6 is 15.9 Å². The standard InChI is InChI=1S/C13H16BrNO4/c1-8(2)19-11-7-9(3-4-10(11)14)15-12(16)5-6-13(17)18/h3-4,7-8H,5-6H2,1-2H3,(H,15,16)(H,17,18). The molecule has 0 aliphatic carbocycles. The van der Waals surface area contributed by atoms with E-state index in [9.17, 15) is 9.59 Å². The van der Waals surface area contributed by atoms with E-state index in [-0.39, 0.29) is 24.9 Å². The molecule has 6 heteroatoms. The molecular weight excluding hydrogens is 314 g/mol. The third kappa shape index (κ3) is 5.74. The first-order valence-electron chi connectivity index (χ1n) is 5.86. The van der Waals surface area contributed by atoms with Gasteiger partial charge in [0, 0.05) is 18.2 Å². The summed E-state index contributed by atoms with van der Waals surface area (Å²) in [5.41, 5.74) is 0.578. The summed E-state index contributed by atoms with van der Waals surface area (Å²) >= 11 is 3.36. The third-order valence-electron chi connectivity index (χ3n) is 2.14. The molecule has 0 spiro atoms. The smallest absolute Gasteiger partial charge is 0.303 e. The molecule has 0 heterocycles. The Kier molecular flexibility index (Phi) is 5.82. The van der Waals surface area contributed by atoms with Crippen molar-refractivity contribution in [3.8, 4) is 5.75 Å². The molecule has 0 atom stereocenters. The molecule has 2 N–H and O–H groups in total. The van der Waals surface area contributed by atoms with Gasteiger partial charge in [-0.05, 0) is 41.9 Å². The van der Waals surface area contributed by atoms with Crippen molar-refractivity contribution in [1.82, 2.24) is 0 Å². The summed E-state index contributed by atoms with van der Waals surface area (Å²) in [6.45, 7) is 3.81. The normalized spacial score (nSPS) is 10.3. The van der Waals surface area contributed by atoms with Gasteiger partial charge in [-0.3, -0.25) is 9.59 Å². The van der Waals surface area contributed by atoms with Crippen LogP contribution in [0.1, 0.15) is 26.7 Å². The van der Waals surface area contributed by atoms with Crippen LogP contribution in [0.2, 0.25) is 0 Å². The Balaban J connectivity index is 2.68. The second-order valence-corrected chi connectivity index (χ2v) is 5.11. The zero-order valence-corrected chi connectivity index (χ0v) is 12.4. The number of ether oxygens (including phenoxy) is 1. The van der Waals surface area contributed by atoms with E-state index in [1.165, 1.54) is 0 Å². The number of hydrogen-bond acceptors (Lipinski definition) is 3. The molecule has 1 amide bonds. The number of halogens is 1. The number of carboxylic acids is 1.